The molecule has 2 amide bonds. The topological polar surface area (TPSA) is 74.2 Å². The highest BCUT2D eigenvalue weighted by Gasteiger charge is 2.41. The molecule has 0 spiro atoms. The fraction of sp³-hybridized carbons (Fsp3) is 0.350. The molecule has 0 radical (unpaired) electrons. The van der Waals surface area contributed by atoms with Crippen molar-refractivity contribution in [3.8, 4) is 0 Å². The van der Waals surface area contributed by atoms with Crippen molar-refractivity contribution in [2.24, 2.45) is 0 Å². The smallest absolute Gasteiger partial charge is 0.270 e. The number of fused-ring (bicyclic) bond motifs is 2. The molecule has 0 unspecified atom stereocenters. The number of likely N-dealkylation sites (tertiary alicyclic amines) is 1. The minimum atomic E-state index is -2.86. The van der Waals surface area contributed by atoms with Crippen molar-refractivity contribution in [1.29, 1.82) is 0 Å². The predicted molar refractivity (Wildman–Crippen MR) is 106 cm³/mol. The van der Waals surface area contributed by atoms with Gasteiger partial charge in [0.1, 0.15) is 5.69 Å². The van der Waals surface area contributed by atoms with Crippen LogP contribution in [0.3, 0.4) is 0 Å². The molecule has 4 heterocycles. The Hall–Kier alpha value is -2.94. The van der Waals surface area contributed by atoms with Gasteiger partial charge < -0.3 is 14.8 Å². The highest BCUT2D eigenvalue weighted by atomic mass is 35.5. The number of aromatic amines is 1. The average Bonchev–Trinajstić information content (AvgIpc) is 3.43. The molecule has 1 fully saturated rings. The van der Waals surface area contributed by atoms with E-state index in [2.05, 4.69) is 10.1 Å². The van der Waals surface area contributed by atoms with E-state index < -0.39 is 18.4 Å². The third kappa shape index (κ3) is 3.13. The summed E-state index contributed by atoms with van der Waals surface area (Å²) in [5.74, 6) is -3.55. The molecule has 2 aliphatic heterocycles. The lowest BCUT2D eigenvalue weighted by Crippen LogP contribution is -2.40. The fourth-order valence-electron chi connectivity index (χ4n) is 4.08. The molecular weight excluding hydrogens is 416 g/mol. The molecule has 30 heavy (non-hydrogen) atoms. The van der Waals surface area contributed by atoms with Crippen LogP contribution in [0.1, 0.15) is 33.0 Å². The number of alkyl halides is 2. The highest BCUT2D eigenvalue weighted by molar-refractivity contribution is 6.35. The fourth-order valence-corrected chi connectivity index (χ4v) is 4.31. The number of nitrogens with zero attached hydrogens (tertiary/aromatic N) is 4. The normalized spacial score (nSPS) is 18.1. The van der Waals surface area contributed by atoms with Gasteiger partial charge in [0, 0.05) is 35.4 Å². The zero-order chi connectivity index (χ0) is 21.0. The van der Waals surface area contributed by atoms with E-state index in [1.165, 1.54) is 6.20 Å². The summed E-state index contributed by atoms with van der Waals surface area (Å²) >= 11 is 6.20. The molecule has 0 bridgehead atoms. The maximum absolute atomic E-state index is 13.5. The third-order valence-electron chi connectivity index (χ3n) is 5.69. The van der Waals surface area contributed by atoms with E-state index in [1.807, 2.05) is 6.07 Å². The second-order valence-corrected chi connectivity index (χ2v) is 8.08. The van der Waals surface area contributed by atoms with Crippen molar-refractivity contribution in [3.05, 3.63) is 52.4 Å². The lowest BCUT2D eigenvalue weighted by atomic mass is 10.1. The number of carbonyl (C=O) groups is 2. The largest absolute Gasteiger partial charge is 0.350 e. The second kappa shape index (κ2) is 6.80. The minimum absolute atomic E-state index is 0.00885. The van der Waals surface area contributed by atoms with E-state index in [9.17, 15) is 18.4 Å². The number of halogens is 3. The van der Waals surface area contributed by atoms with Gasteiger partial charge in [-0.2, -0.15) is 5.10 Å². The van der Waals surface area contributed by atoms with Gasteiger partial charge in [-0.15, -0.1) is 0 Å². The van der Waals surface area contributed by atoms with Crippen LogP contribution in [0.15, 0.2) is 30.5 Å². The number of nitrogens with one attached hydrogen (secondary N) is 1. The number of H-pyrrole nitrogens is 1. The Morgan fingerprint density at radius 1 is 1.13 bits per heavy atom. The summed E-state index contributed by atoms with van der Waals surface area (Å²) in [6, 6.07) is 7.11. The van der Waals surface area contributed by atoms with E-state index in [1.54, 1.807) is 27.8 Å². The maximum Gasteiger partial charge on any atom is 0.270 e. The summed E-state index contributed by atoms with van der Waals surface area (Å²) in [5.41, 5.74) is 1.99. The molecule has 5 rings (SSSR count). The first-order valence-electron chi connectivity index (χ1n) is 9.61. The van der Waals surface area contributed by atoms with Crippen LogP contribution < -0.4 is 0 Å². The second-order valence-electron chi connectivity index (χ2n) is 7.67. The monoisotopic (exact) mass is 433 g/mol. The Morgan fingerprint density at radius 2 is 1.97 bits per heavy atom. The highest BCUT2D eigenvalue weighted by Crippen LogP contribution is 2.29. The number of amides is 2. The molecule has 1 saturated heterocycles. The molecule has 1 N–H and O–H groups in total. The van der Waals surface area contributed by atoms with Gasteiger partial charge in [0.2, 0.25) is 0 Å². The lowest BCUT2D eigenvalue weighted by Gasteiger charge is -2.28. The molecule has 156 valence electrons. The van der Waals surface area contributed by atoms with Gasteiger partial charge in [0.05, 0.1) is 37.1 Å². The lowest BCUT2D eigenvalue weighted by molar-refractivity contribution is 0.0120. The van der Waals surface area contributed by atoms with Crippen molar-refractivity contribution >= 4 is 34.3 Å². The first-order chi connectivity index (χ1) is 14.3. The SMILES string of the molecule is O=C(c1cc2c(Cl)cccc2[nH]1)N1CCn2ncc(C(=O)N3CCC(F)(F)C3)c2C1. The first-order valence-corrected chi connectivity index (χ1v) is 9.98. The zero-order valence-electron chi connectivity index (χ0n) is 15.9. The van der Waals surface area contributed by atoms with Gasteiger partial charge in [0.15, 0.2) is 0 Å². The number of hydrogen-bond acceptors (Lipinski definition) is 3. The van der Waals surface area contributed by atoms with Crippen molar-refractivity contribution in [3.63, 3.8) is 0 Å². The van der Waals surface area contributed by atoms with Crippen LogP contribution in [0, 0.1) is 0 Å². The van der Waals surface area contributed by atoms with Crippen LogP contribution in [-0.2, 0) is 13.1 Å². The Morgan fingerprint density at radius 3 is 2.70 bits per heavy atom. The number of rotatable bonds is 2. The molecular formula is C20H18ClF2N5O2. The minimum Gasteiger partial charge on any atom is -0.350 e. The van der Waals surface area contributed by atoms with Crippen LogP contribution in [0.25, 0.3) is 10.9 Å². The molecule has 2 aliphatic rings. The van der Waals surface area contributed by atoms with Gasteiger partial charge in [-0.05, 0) is 18.2 Å². The third-order valence-corrected chi connectivity index (χ3v) is 6.02. The Kier molecular flexibility index (Phi) is 4.32. The average molecular weight is 434 g/mol. The predicted octanol–water partition coefficient (Wildman–Crippen LogP) is 3.16. The van der Waals surface area contributed by atoms with Gasteiger partial charge in [0.25, 0.3) is 17.7 Å². The molecule has 0 aliphatic carbocycles. The molecule has 10 heteroatoms. The Balaban J connectivity index is 1.39. The van der Waals surface area contributed by atoms with Crippen molar-refractivity contribution in [2.75, 3.05) is 19.6 Å². The van der Waals surface area contributed by atoms with E-state index in [0.29, 0.717) is 29.5 Å². The van der Waals surface area contributed by atoms with Crippen LogP contribution >= 0.6 is 11.6 Å². The summed E-state index contributed by atoms with van der Waals surface area (Å²) in [5, 5.41) is 5.53. The van der Waals surface area contributed by atoms with E-state index in [4.69, 9.17) is 11.6 Å². The first kappa shape index (κ1) is 19.0. The van der Waals surface area contributed by atoms with Crippen molar-refractivity contribution in [2.45, 2.75) is 25.4 Å². The number of aromatic nitrogens is 3. The van der Waals surface area contributed by atoms with Crippen LogP contribution in [0.2, 0.25) is 5.02 Å². The number of carbonyl (C=O) groups excluding carboxylic acids is 2. The van der Waals surface area contributed by atoms with Gasteiger partial charge >= 0.3 is 0 Å². The van der Waals surface area contributed by atoms with E-state index in [-0.39, 0.29) is 31.0 Å². The van der Waals surface area contributed by atoms with E-state index in [0.717, 1.165) is 15.8 Å². The van der Waals surface area contributed by atoms with Crippen LogP contribution in [-0.4, -0.2) is 61.9 Å². The quantitative estimate of drug-likeness (QED) is 0.674. The molecule has 1 aromatic carbocycles. The van der Waals surface area contributed by atoms with Gasteiger partial charge in [-0.1, -0.05) is 17.7 Å². The van der Waals surface area contributed by atoms with Crippen molar-refractivity contribution in [1.82, 2.24) is 24.6 Å². The standard InChI is InChI=1S/C20H18ClF2N5O2/c21-14-2-1-3-15-12(14)8-16(25-15)19(30)26-6-7-28-17(10-26)13(9-24-28)18(29)27-5-4-20(22,23)11-27/h1-3,8-9,25H,4-7,10-11H2. The summed E-state index contributed by atoms with van der Waals surface area (Å²) in [6.07, 6.45) is 1.07. The zero-order valence-corrected chi connectivity index (χ0v) is 16.6. The van der Waals surface area contributed by atoms with E-state index >= 15 is 0 Å². The number of hydrogen-bond donors (Lipinski definition) is 1. The van der Waals surface area contributed by atoms with Crippen LogP contribution in [0.5, 0.6) is 0 Å². The summed E-state index contributed by atoms with van der Waals surface area (Å²) in [7, 11) is 0. The molecule has 0 atom stereocenters. The summed E-state index contributed by atoms with van der Waals surface area (Å²) in [6.45, 7) is 0.439. The van der Waals surface area contributed by atoms with Crippen molar-refractivity contribution < 1.29 is 18.4 Å². The maximum atomic E-state index is 13.5. The Labute approximate surface area is 175 Å². The molecule has 7 nitrogen and oxygen atoms in total. The van der Waals surface area contributed by atoms with Gasteiger partial charge in [-0.3, -0.25) is 14.3 Å². The van der Waals surface area contributed by atoms with Gasteiger partial charge in [-0.25, -0.2) is 8.78 Å². The Bertz CT molecular complexity index is 1170. The van der Waals surface area contributed by atoms with Crippen LogP contribution in [0.4, 0.5) is 8.78 Å². The summed E-state index contributed by atoms with van der Waals surface area (Å²) < 4.78 is 28.7. The molecule has 2 aromatic heterocycles. The number of benzene rings is 1. The molecule has 3 aromatic rings. The summed E-state index contributed by atoms with van der Waals surface area (Å²) in [4.78, 5) is 31.7. The molecule has 0 saturated carbocycles.